The van der Waals surface area contributed by atoms with E-state index in [2.05, 4.69) is 21.3 Å². The number of carboxylic acid groups (broad SMARTS) is 1. The van der Waals surface area contributed by atoms with Crippen LogP contribution in [-0.4, -0.2) is 68.7 Å². The van der Waals surface area contributed by atoms with Crippen LogP contribution in [0.15, 0.2) is 79.1 Å². The van der Waals surface area contributed by atoms with E-state index in [1.165, 1.54) is 34.4 Å². The molecule has 0 spiro atoms. The van der Waals surface area contributed by atoms with Gasteiger partial charge in [-0.3, -0.25) is 28.8 Å². The number of carbonyl (C=O) groups is 6. The van der Waals surface area contributed by atoms with Gasteiger partial charge >= 0.3 is 5.97 Å². The Kier molecular flexibility index (Phi) is 11.7. The molecule has 0 radical (unpaired) electrons. The number of anilines is 4. The van der Waals surface area contributed by atoms with Crippen LogP contribution in [0.25, 0.3) is 10.8 Å². The number of hydrogen-bond donors (Lipinski definition) is 5. The zero-order valence-electron chi connectivity index (χ0n) is 30.9. The van der Waals surface area contributed by atoms with Gasteiger partial charge < -0.3 is 45.1 Å². The van der Waals surface area contributed by atoms with Gasteiger partial charge in [-0.05, 0) is 40.8 Å². The number of fused-ring (bicyclic) bond motifs is 3. The van der Waals surface area contributed by atoms with Crippen LogP contribution in [0.1, 0.15) is 57.8 Å². The Morgan fingerprint density at radius 1 is 0.804 bits per heavy atom. The molecule has 0 saturated carbocycles. The highest BCUT2D eigenvalue weighted by atomic mass is 35.5. The van der Waals surface area contributed by atoms with E-state index >= 15 is 0 Å². The second kappa shape index (κ2) is 16.8. The average molecular weight is 782 g/mol. The van der Waals surface area contributed by atoms with E-state index in [4.69, 9.17) is 21.4 Å². The van der Waals surface area contributed by atoms with Crippen molar-refractivity contribution in [3.8, 4) is 5.75 Å². The number of nitrogens with zero attached hydrogens (tertiary/aromatic N) is 3. The second-order valence-electron chi connectivity index (χ2n) is 13.4. The monoisotopic (exact) mass is 781 g/mol. The summed E-state index contributed by atoms with van der Waals surface area (Å²) >= 11 is 6.47. The molecule has 3 aromatic carbocycles. The lowest BCUT2D eigenvalue weighted by atomic mass is 9.95. The third-order valence-corrected chi connectivity index (χ3v) is 9.62. The number of benzene rings is 3. The lowest BCUT2D eigenvalue weighted by Crippen LogP contribution is -2.30. The molecule has 1 atom stereocenters. The smallest absolute Gasteiger partial charge is 0.322 e. The van der Waals surface area contributed by atoms with Crippen molar-refractivity contribution in [3.05, 3.63) is 102 Å². The Labute approximate surface area is 326 Å². The highest BCUT2D eigenvalue weighted by molar-refractivity contribution is 6.19. The molecule has 0 fully saturated rings. The van der Waals surface area contributed by atoms with Crippen LogP contribution in [0.4, 0.5) is 22.7 Å². The van der Waals surface area contributed by atoms with E-state index in [-0.39, 0.29) is 54.4 Å². The number of carboxylic acids is 1. The topological polar surface area (TPSA) is 193 Å². The molecule has 1 aliphatic rings. The summed E-state index contributed by atoms with van der Waals surface area (Å²) < 4.78 is 9.31. The standard InChI is InChI=1S/C40H40ClN7O8/c1-23(49)43-26-9-10-29-30(13-26)34(56-22-24-7-5-4-6-8-24)16-31-38(29)25(17-41)19-48(31)36(51)12-11-35(50)44-27-14-33(47(3)20-27)40(55)45-28-15-32(46(2)21-28)39(54)42-18-37(52)53/h4-10,13-16,20-21,25H,11-12,17-19,22H2,1-3H3,(H,42,54)(H,43,49)(H,44,50)(H,45,55)(H,52,53). The molecule has 16 heteroatoms. The largest absolute Gasteiger partial charge is 0.488 e. The summed E-state index contributed by atoms with van der Waals surface area (Å²) in [4.78, 5) is 76.6. The van der Waals surface area contributed by atoms with Crippen molar-refractivity contribution in [2.75, 3.05) is 39.8 Å². The molecular formula is C40H40ClN7O8. The molecule has 6 rings (SSSR count). The third-order valence-electron chi connectivity index (χ3n) is 9.25. The molecule has 2 aromatic heterocycles. The number of hydrogen-bond acceptors (Lipinski definition) is 7. The van der Waals surface area contributed by atoms with Crippen molar-refractivity contribution >= 4 is 80.6 Å². The summed E-state index contributed by atoms with van der Waals surface area (Å²) in [6.07, 6.45) is 2.84. The summed E-state index contributed by atoms with van der Waals surface area (Å²) in [5.74, 6) is -2.64. The fourth-order valence-electron chi connectivity index (χ4n) is 6.70. The fourth-order valence-corrected chi connectivity index (χ4v) is 6.95. The van der Waals surface area contributed by atoms with Gasteiger partial charge in [0.05, 0.1) is 17.1 Å². The van der Waals surface area contributed by atoms with Crippen LogP contribution in [0.3, 0.4) is 0 Å². The molecular weight excluding hydrogens is 742 g/mol. The predicted octanol–water partition coefficient (Wildman–Crippen LogP) is 5.21. The number of alkyl halides is 1. The lowest BCUT2D eigenvalue weighted by molar-refractivity contribution is -0.135. The molecule has 290 valence electrons. The quantitative estimate of drug-likeness (QED) is 0.0949. The molecule has 0 bridgehead atoms. The molecule has 1 aliphatic heterocycles. The van der Waals surface area contributed by atoms with Gasteiger partial charge in [0, 0.05) is 81.7 Å². The number of nitrogens with one attached hydrogen (secondary N) is 4. The number of aromatic nitrogens is 2. The Hall–Kier alpha value is -6.61. The van der Waals surface area contributed by atoms with Crippen molar-refractivity contribution < 1.29 is 38.6 Å². The third kappa shape index (κ3) is 8.84. The molecule has 5 aromatic rings. The first-order chi connectivity index (χ1) is 26.8. The molecule has 5 N–H and O–H groups in total. The van der Waals surface area contributed by atoms with E-state index in [0.717, 1.165) is 21.9 Å². The minimum absolute atomic E-state index is 0.101. The number of amides is 5. The van der Waals surface area contributed by atoms with Gasteiger partial charge in [0.2, 0.25) is 17.7 Å². The minimum atomic E-state index is -1.19. The van der Waals surface area contributed by atoms with Gasteiger partial charge in [0.15, 0.2) is 0 Å². The number of ether oxygens (including phenoxy) is 1. The van der Waals surface area contributed by atoms with Gasteiger partial charge in [0.1, 0.15) is 30.3 Å². The zero-order chi connectivity index (χ0) is 40.1. The highest BCUT2D eigenvalue weighted by Gasteiger charge is 2.35. The molecule has 1 unspecified atom stereocenters. The SMILES string of the molecule is CC(=O)Nc1ccc2c3c(cc(OCc4ccccc4)c2c1)N(C(=O)CCC(=O)Nc1cc(C(=O)Nc2cc(C(=O)NCC(=O)O)n(C)c2)n(C)c1)CC3CCl. The molecule has 0 saturated heterocycles. The van der Waals surface area contributed by atoms with Crippen LogP contribution in [-0.2, 0) is 39.9 Å². The minimum Gasteiger partial charge on any atom is -0.488 e. The first kappa shape index (κ1) is 39.1. The number of aliphatic carboxylic acids is 1. The number of rotatable bonds is 14. The highest BCUT2D eigenvalue weighted by Crippen LogP contribution is 2.46. The van der Waals surface area contributed by atoms with Crippen LogP contribution < -0.4 is 30.9 Å². The summed E-state index contributed by atoms with van der Waals surface area (Å²) in [7, 11) is 3.21. The van der Waals surface area contributed by atoms with Crippen molar-refractivity contribution in [2.45, 2.75) is 32.3 Å². The molecule has 56 heavy (non-hydrogen) atoms. The summed E-state index contributed by atoms with van der Waals surface area (Å²) in [6.45, 7) is 1.48. The summed E-state index contributed by atoms with van der Waals surface area (Å²) in [6, 6.07) is 19.9. The predicted molar refractivity (Wildman–Crippen MR) is 211 cm³/mol. The van der Waals surface area contributed by atoms with Crippen LogP contribution in [0, 0.1) is 0 Å². The number of carbonyl (C=O) groups excluding carboxylic acids is 5. The first-order valence-corrected chi connectivity index (χ1v) is 18.2. The van der Waals surface area contributed by atoms with Crippen molar-refractivity contribution in [1.29, 1.82) is 0 Å². The summed E-state index contributed by atoms with van der Waals surface area (Å²) in [5.41, 5.74) is 4.10. The number of halogens is 1. The maximum atomic E-state index is 13.8. The first-order valence-electron chi connectivity index (χ1n) is 17.7. The Morgan fingerprint density at radius 2 is 1.48 bits per heavy atom. The fraction of sp³-hybridized carbons (Fsp3) is 0.250. The van der Waals surface area contributed by atoms with Crippen molar-refractivity contribution in [2.24, 2.45) is 14.1 Å². The Bertz CT molecular complexity index is 2350. The molecule has 3 heterocycles. The van der Waals surface area contributed by atoms with Crippen molar-refractivity contribution in [1.82, 2.24) is 14.5 Å². The van der Waals surface area contributed by atoms with Crippen molar-refractivity contribution in [3.63, 3.8) is 0 Å². The maximum Gasteiger partial charge on any atom is 0.322 e. The van der Waals surface area contributed by atoms with Gasteiger partial charge in [-0.25, -0.2) is 0 Å². The van der Waals surface area contributed by atoms with Crippen LogP contribution >= 0.6 is 11.6 Å². The normalized spacial score (nSPS) is 13.2. The van der Waals surface area contributed by atoms with Gasteiger partial charge in [0.25, 0.3) is 11.8 Å². The van der Waals surface area contributed by atoms with Gasteiger partial charge in [-0.2, -0.15) is 0 Å². The number of aryl methyl sites for hydroxylation is 2. The Balaban J connectivity index is 1.13. The molecule has 5 amide bonds. The zero-order valence-corrected chi connectivity index (χ0v) is 31.6. The lowest BCUT2D eigenvalue weighted by Gasteiger charge is -2.20. The van der Waals surface area contributed by atoms with E-state index < -0.39 is 30.2 Å². The summed E-state index contributed by atoms with van der Waals surface area (Å²) in [5, 5.41) is 21.0. The van der Waals surface area contributed by atoms with E-state index in [1.807, 2.05) is 48.5 Å². The Morgan fingerprint density at radius 3 is 2.14 bits per heavy atom. The average Bonchev–Trinajstić information content (AvgIpc) is 3.85. The molecule has 0 aliphatic carbocycles. The van der Waals surface area contributed by atoms with Gasteiger partial charge in [-0.1, -0.05) is 36.4 Å². The van der Waals surface area contributed by atoms with E-state index in [9.17, 15) is 28.8 Å². The maximum absolute atomic E-state index is 13.8. The van der Waals surface area contributed by atoms with E-state index in [1.54, 1.807) is 31.3 Å². The van der Waals surface area contributed by atoms with Gasteiger partial charge in [-0.15, -0.1) is 11.6 Å². The van der Waals surface area contributed by atoms with Crippen LogP contribution in [0.2, 0.25) is 0 Å². The van der Waals surface area contributed by atoms with E-state index in [0.29, 0.717) is 35.0 Å². The second-order valence-corrected chi connectivity index (χ2v) is 13.7. The molecule has 15 nitrogen and oxygen atoms in total. The van der Waals surface area contributed by atoms with Crippen LogP contribution in [0.5, 0.6) is 5.75 Å².